The van der Waals surface area contributed by atoms with E-state index in [4.69, 9.17) is 4.74 Å². The number of hydrogen-bond acceptors (Lipinski definition) is 3. The molecular weight excluding hydrogens is 282 g/mol. The number of benzene rings is 2. The third kappa shape index (κ3) is 5.16. The van der Waals surface area contributed by atoms with Gasteiger partial charge in [0.1, 0.15) is 5.75 Å². The molecule has 0 N–H and O–H groups in total. The molecule has 2 aromatic carbocycles. The van der Waals surface area contributed by atoms with Crippen LogP contribution in [0.25, 0.3) is 0 Å². The molecule has 1 amide bonds. The van der Waals surface area contributed by atoms with Crippen LogP contribution in [0.3, 0.4) is 0 Å². The molecule has 0 aliphatic heterocycles. The maximum atomic E-state index is 11.2. The van der Waals surface area contributed by atoms with E-state index in [1.165, 1.54) is 4.90 Å². The first-order valence-corrected chi connectivity index (χ1v) is 7.80. The Bertz CT molecular complexity index is 560. The van der Waals surface area contributed by atoms with E-state index < -0.39 is 0 Å². The first kappa shape index (κ1) is 15.4. The summed E-state index contributed by atoms with van der Waals surface area (Å²) in [5.74, 6) is 1.70. The van der Waals surface area contributed by atoms with E-state index in [1.54, 1.807) is 23.8 Å². The summed E-state index contributed by atoms with van der Waals surface area (Å²) in [6.07, 6.45) is 0.908. The van der Waals surface area contributed by atoms with Gasteiger partial charge in [-0.1, -0.05) is 30.3 Å². The largest absolute Gasteiger partial charge is 0.497 e. The predicted molar refractivity (Wildman–Crippen MR) is 86.6 cm³/mol. The summed E-state index contributed by atoms with van der Waals surface area (Å²) < 4.78 is 5.20. The van der Waals surface area contributed by atoms with Crippen molar-refractivity contribution in [3.8, 4) is 5.75 Å². The van der Waals surface area contributed by atoms with Crippen molar-refractivity contribution in [2.45, 2.75) is 11.4 Å². The Kier molecular flexibility index (Phi) is 6.16. The Morgan fingerprint density at radius 3 is 2.67 bits per heavy atom. The zero-order chi connectivity index (χ0) is 14.9. The molecule has 0 spiro atoms. The summed E-state index contributed by atoms with van der Waals surface area (Å²) in [6.45, 7) is 1.33. The first-order valence-electron chi connectivity index (χ1n) is 6.82. The Morgan fingerprint density at radius 1 is 1.14 bits per heavy atom. The standard InChI is InChI=1S/C17H19NO2S/c1-20-16-7-5-6-15(12-16)13-18(14-19)10-11-21-17-8-3-2-4-9-17/h2-9,12,14H,10-11,13H2,1H3. The van der Waals surface area contributed by atoms with Crippen LogP contribution in [-0.4, -0.2) is 30.7 Å². The Morgan fingerprint density at radius 2 is 1.95 bits per heavy atom. The number of nitrogens with zero attached hydrogens (tertiary/aromatic N) is 1. The molecule has 0 aliphatic rings. The highest BCUT2D eigenvalue weighted by molar-refractivity contribution is 7.99. The summed E-state index contributed by atoms with van der Waals surface area (Å²) >= 11 is 1.76. The van der Waals surface area contributed by atoms with Crippen LogP contribution in [-0.2, 0) is 11.3 Å². The molecule has 0 aliphatic carbocycles. The van der Waals surface area contributed by atoms with Gasteiger partial charge in [-0.15, -0.1) is 11.8 Å². The fourth-order valence-electron chi connectivity index (χ4n) is 1.97. The second kappa shape index (κ2) is 8.37. The van der Waals surface area contributed by atoms with E-state index in [9.17, 15) is 4.79 Å². The van der Waals surface area contributed by atoms with Crippen LogP contribution >= 0.6 is 11.8 Å². The van der Waals surface area contributed by atoms with Gasteiger partial charge in [-0.05, 0) is 29.8 Å². The van der Waals surface area contributed by atoms with Crippen LogP contribution in [0, 0.1) is 0 Å². The van der Waals surface area contributed by atoms with Crippen LogP contribution in [0.2, 0.25) is 0 Å². The van der Waals surface area contributed by atoms with E-state index in [2.05, 4.69) is 12.1 Å². The molecular formula is C17H19NO2S. The zero-order valence-electron chi connectivity index (χ0n) is 12.1. The molecule has 2 aromatic rings. The van der Waals surface area contributed by atoms with E-state index in [0.29, 0.717) is 6.54 Å². The Labute approximate surface area is 129 Å². The SMILES string of the molecule is COc1cccc(CN(C=O)CCSc2ccccc2)c1. The van der Waals surface area contributed by atoms with Crippen molar-refractivity contribution in [2.75, 3.05) is 19.4 Å². The number of carbonyl (C=O) groups is 1. The number of methoxy groups -OCH3 is 1. The van der Waals surface area contributed by atoms with Crippen molar-refractivity contribution < 1.29 is 9.53 Å². The van der Waals surface area contributed by atoms with E-state index >= 15 is 0 Å². The molecule has 0 heterocycles. The van der Waals surface area contributed by atoms with Crippen LogP contribution in [0.4, 0.5) is 0 Å². The number of thioether (sulfide) groups is 1. The summed E-state index contributed by atoms with van der Waals surface area (Å²) in [7, 11) is 1.65. The third-order valence-corrected chi connectivity index (χ3v) is 4.05. The monoisotopic (exact) mass is 301 g/mol. The summed E-state index contributed by atoms with van der Waals surface area (Å²) in [4.78, 5) is 14.2. The van der Waals surface area contributed by atoms with E-state index in [1.807, 2.05) is 42.5 Å². The molecule has 110 valence electrons. The van der Waals surface area contributed by atoms with Gasteiger partial charge >= 0.3 is 0 Å². The molecule has 4 heteroatoms. The maximum Gasteiger partial charge on any atom is 0.210 e. The van der Waals surface area contributed by atoms with Crippen LogP contribution in [0.15, 0.2) is 59.5 Å². The second-order valence-corrected chi connectivity index (χ2v) is 5.76. The molecule has 21 heavy (non-hydrogen) atoms. The van der Waals surface area contributed by atoms with Gasteiger partial charge in [0.15, 0.2) is 0 Å². The fraction of sp³-hybridized carbons (Fsp3) is 0.235. The molecule has 0 unspecified atom stereocenters. The first-order chi connectivity index (χ1) is 10.3. The van der Waals surface area contributed by atoms with Gasteiger partial charge in [-0.2, -0.15) is 0 Å². The van der Waals surface area contributed by atoms with Crippen molar-refractivity contribution >= 4 is 18.2 Å². The average molecular weight is 301 g/mol. The minimum absolute atomic E-state index is 0.607. The van der Waals surface area contributed by atoms with Crippen molar-refractivity contribution in [2.24, 2.45) is 0 Å². The molecule has 0 bridgehead atoms. The number of ether oxygens (including phenoxy) is 1. The molecule has 2 rings (SSSR count). The van der Waals surface area contributed by atoms with Gasteiger partial charge in [0, 0.05) is 23.7 Å². The fourth-order valence-corrected chi connectivity index (χ4v) is 2.88. The minimum Gasteiger partial charge on any atom is -0.497 e. The number of carbonyl (C=O) groups excluding carboxylic acids is 1. The number of rotatable bonds is 8. The molecule has 0 saturated heterocycles. The molecule has 0 aromatic heterocycles. The van der Waals surface area contributed by atoms with Gasteiger partial charge in [0.05, 0.1) is 7.11 Å². The smallest absolute Gasteiger partial charge is 0.210 e. The lowest BCUT2D eigenvalue weighted by molar-refractivity contribution is -0.118. The highest BCUT2D eigenvalue weighted by Gasteiger charge is 2.04. The van der Waals surface area contributed by atoms with Crippen LogP contribution in [0.1, 0.15) is 5.56 Å². The average Bonchev–Trinajstić information content (AvgIpc) is 2.55. The quantitative estimate of drug-likeness (QED) is 0.552. The van der Waals surface area contributed by atoms with Gasteiger partial charge in [0.25, 0.3) is 0 Å². The Balaban J connectivity index is 1.84. The molecule has 0 fully saturated rings. The lowest BCUT2D eigenvalue weighted by Gasteiger charge is -2.17. The van der Waals surface area contributed by atoms with Crippen molar-refractivity contribution in [1.29, 1.82) is 0 Å². The van der Waals surface area contributed by atoms with Gasteiger partial charge < -0.3 is 9.64 Å². The van der Waals surface area contributed by atoms with Crippen LogP contribution < -0.4 is 4.74 Å². The third-order valence-electron chi connectivity index (χ3n) is 3.06. The topological polar surface area (TPSA) is 29.5 Å². The number of amides is 1. The second-order valence-electron chi connectivity index (χ2n) is 4.59. The van der Waals surface area contributed by atoms with E-state index in [-0.39, 0.29) is 0 Å². The van der Waals surface area contributed by atoms with E-state index in [0.717, 1.165) is 30.0 Å². The zero-order valence-corrected chi connectivity index (χ0v) is 12.9. The van der Waals surface area contributed by atoms with Gasteiger partial charge in [0.2, 0.25) is 6.41 Å². The highest BCUT2D eigenvalue weighted by atomic mass is 32.2. The van der Waals surface area contributed by atoms with Crippen molar-refractivity contribution in [3.05, 3.63) is 60.2 Å². The molecule has 0 saturated carbocycles. The molecule has 0 atom stereocenters. The van der Waals surface area contributed by atoms with Crippen molar-refractivity contribution in [3.63, 3.8) is 0 Å². The lowest BCUT2D eigenvalue weighted by Crippen LogP contribution is -2.24. The number of hydrogen-bond donors (Lipinski definition) is 0. The summed E-state index contributed by atoms with van der Waals surface area (Å²) in [5.41, 5.74) is 1.08. The minimum atomic E-state index is 0.607. The Hall–Kier alpha value is -1.94. The molecule has 0 radical (unpaired) electrons. The predicted octanol–water partition coefficient (Wildman–Crippen LogP) is 3.45. The van der Waals surface area contributed by atoms with Crippen LogP contribution in [0.5, 0.6) is 5.75 Å². The summed E-state index contributed by atoms with van der Waals surface area (Å²) in [6, 6.07) is 18.0. The maximum absolute atomic E-state index is 11.2. The normalized spacial score (nSPS) is 10.1. The summed E-state index contributed by atoms with van der Waals surface area (Å²) in [5, 5.41) is 0. The lowest BCUT2D eigenvalue weighted by atomic mass is 10.2. The highest BCUT2D eigenvalue weighted by Crippen LogP contribution is 2.18. The van der Waals surface area contributed by atoms with Gasteiger partial charge in [-0.3, -0.25) is 4.79 Å². The van der Waals surface area contributed by atoms with Gasteiger partial charge in [-0.25, -0.2) is 0 Å². The molecule has 3 nitrogen and oxygen atoms in total. The van der Waals surface area contributed by atoms with Crippen molar-refractivity contribution in [1.82, 2.24) is 4.90 Å².